The summed E-state index contributed by atoms with van der Waals surface area (Å²) in [4.78, 5) is 8.76. The number of hydrogen-bond donors (Lipinski definition) is 2. The van der Waals surface area contributed by atoms with Gasteiger partial charge in [0, 0.05) is 12.6 Å². The third-order valence-electron chi connectivity index (χ3n) is 2.25. The van der Waals surface area contributed by atoms with Crippen molar-refractivity contribution in [2.24, 2.45) is 9.98 Å². The molecule has 0 fully saturated rings. The van der Waals surface area contributed by atoms with Crippen molar-refractivity contribution < 1.29 is 4.74 Å². The zero-order valence-electron chi connectivity index (χ0n) is 11.7. The van der Waals surface area contributed by atoms with Gasteiger partial charge in [-0.15, -0.1) is 0 Å². The summed E-state index contributed by atoms with van der Waals surface area (Å²) >= 11 is 1.57. The Kier molecular flexibility index (Phi) is 6.45. The fourth-order valence-electron chi connectivity index (χ4n) is 1.47. The molecule has 2 N–H and O–H groups in total. The van der Waals surface area contributed by atoms with Crippen LogP contribution >= 0.6 is 11.8 Å². The van der Waals surface area contributed by atoms with E-state index in [1.807, 2.05) is 11.3 Å². The highest BCUT2D eigenvalue weighted by Crippen LogP contribution is 2.13. The summed E-state index contributed by atoms with van der Waals surface area (Å²) in [6, 6.07) is 0.732. The molecule has 0 aromatic rings. The highest BCUT2D eigenvalue weighted by Gasteiger charge is 2.26. The van der Waals surface area contributed by atoms with E-state index in [4.69, 9.17) is 4.74 Å². The molecule has 1 unspecified atom stereocenters. The van der Waals surface area contributed by atoms with Gasteiger partial charge in [0.05, 0.1) is 7.11 Å². The standard InChI is InChI=1S/C11H23N5OS/c1-6-7-12-16-9(13-8(2)3)14-10(17-4)15-11(16)18-5/h8-9,12-13H,6-7H2,1-5H3. The molecule has 1 rings (SSSR count). The quantitative estimate of drug-likeness (QED) is 0.788. The summed E-state index contributed by atoms with van der Waals surface area (Å²) in [6.45, 7) is 7.18. The second-order valence-electron chi connectivity index (χ2n) is 4.19. The maximum atomic E-state index is 5.14. The Morgan fingerprint density at radius 3 is 2.72 bits per heavy atom. The molecule has 104 valence electrons. The van der Waals surface area contributed by atoms with Gasteiger partial charge in [-0.1, -0.05) is 18.7 Å². The van der Waals surface area contributed by atoms with Crippen LogP contribution in [0.2, 0.25) is 0 Å². The molecule has 0 saturated carbocycles. The van der Waals surface area contributed by atoms with Crippen LogP contribution in [-0.2, 0) is 4.74 Å². The molecule has 1 aliphatic heterocycles. The fourth-order valence-corrected chi connectivity index (χ4v) is 2.00. The lowest BCUT2D eigenvalue weighted by molar-refractivity contribution is 0.185. The molecule has 1 heterocycles. The number of amidine groups is 2. The van der Waals surface area contributed by atoms with Crippen LogP contribution in [0.1, 0.15) is 27.2 Å². The normalized spacial score (nSPS) is 19.9. The molecule has 6 nitrogen and oxygen atoms in total. The lowest BCUT2D eigenvalue weighted by atomic mass is 10.4. The number of methoxy groups -OCH3 is 1. The molecular formula is C11H23N5OS. The first-order chi connectivity index (χ1) is 8.62. The highest BCUT2D eigenvalue weighted by atomic mass is 32.2. The van der Waals surface area contributed by atoms with E-state index in [2.05, 4.69) is 41.5 Å². The van der Waals surface area contributed by atoms with E-state index in [-0.39, 0.29) is 6.29 Å². The average molecular weight is 273 g/mol. The lowest BCUT2D eigenvalue weighted by Gasteiger charge is -2.34. The van der Waals surface area contributed by atoms with E-state index in [9.17, 15) is 0 Å². The molecule has 0 aromatic heterocycles. The minimum absolute atomic E-state index is 0.188. The van der Waals surface area contributed by atoms with Gasteiger partial charge in [0.25, 0.3) is 0 Å². The molecule has 0 aliphatic carbocycles. The van der Waals surface area contributed by atoms with Crippen molar-refractivity contribution in [1.82, 2.24) is 15.8 Å². The van der Waals surface area contributed by atoms with Gasteiger partial charge in [0.1, 0.15) is 0 Å². The second kappa shape index (κ2) is 7.60. The zero-order chi connectivity index (χ0) is 13.5. The SMILES string of the molecule is CCCNN1C(SC)=NC(OC)=NC1NC(C)C. The largest absolute Gasteiger partial charge is 0.467 e. The number of hydrogen-bond acceptors (Lipinski definition) is 7. The van der Waals surface area contributed by atoms with Crippen LogP contribution in [0.25, 0.3) is 0 Å². The number of rotatable bonds is 5. The summed E-state index contributed by atoms with van der Waals surface area (Å²) < 4.78 is 5.14. The lowest BCUT2D eigenvalue weighted by Crippen LogP contribution is -2.57. The molecule has 0 radical (unpaired) electrons. The van der Waals surface area contributed by atoms with Gasteiger partial charge in [0.15, 0.2) is 11.5 Å². The fraction of sp³-hybridized carbons (Fsp3) is 0.818. The van der Waals surface area contributed by atoms with Crippen molar-refractivity contribution in [3.63, 3.8) is 0 Å². The minimum Gasteiger partial charge on any atom is -0.467 e. The van der Waals surface area contributed by atoms with Gasteiger partial charge in [-0.2, -0.15) is 9.98 Å². The monoisotopic (exact) mass is 273 g/mol. The summed E-state index contributed by atoms with van der Waals surface area (Å²) in [7, 11) is 1.59. The smallest absolute Gasteiger partial charge is 0.317 e. The first-order valence-corrected chi connectivity index (χ1v) is 7.38. The van der Waals surface area contributed by atoms with Crippen LogP contribution in [0.5, 0.6) is 0 Å². The number of ether oxygens (including phenoxy) is 1. The van der Waals surface area contributed by atoms with Gasteiger partial charge in [-0.25, -0.2) is 10.4 Å². The topological polar surface area (TPSA) is 61.2 Å². The minimum atomic E-state index is -0.188. The maximum absolute atomic E-state index is 5.14. The molecular weight excluding hydrogens is 250 g/mol. The summed E-state index contributed by atoms with van der Waals surface area (Å²) in [5.74, 6) is 0. The van der Waals surface area contributed by atoms with Crippen LogP contribution in [0.15, 0.2) is 9.98 Å². The summed E-state index contributed by atoms with van der Waals surface area (Å²) in [6.07, 6.45) is 2.85. The molecule has 7 heteroatoms. The maximum Gasteiger partial charge on any atom is 0.317 e. The van der Waals surface area contributed by atoms with E-state index >= 15 is 0 Å². The van der Waals surface area contributed by atoms with Crippen molar-refractivity contribution >= 4 is 23.0 Å². The molecule has 1 aliphatic rings. The number of nitrogens with zero attached hydrogens (tertiary/aromatic N) is 3. The molecule has 0 aromatic carbocycles. The Bertz CT molecular complexity index is 319. The van der Waals surface area contributed by atoms with Crippen molar-refractivity contribution in [3.8, 4) is 0 Å². The number of nitrogens with one attached hydrogen (secondary N) is 2. The first-order valence-electron chi connectivity index (χ1n) is 6.15. The summed E-state index contributed by atoms with van der Waals surface area (Å²) in [5, 5.41) is 6.18. The van der Waals surface area contributed by atoms with Gasteiger partial charge in [-0.05, 0) is 26.5 Å². The molecule has 18 heavy (non-hydrogen) atoms. The van der Waals surface area contributed by atoms with Crippen LogP contribution in [0.4, 0.5) is 0 Å². The number of hydrazine groups is 1. The van der Waals surface area contributed by atoms with Crippen molar-refractivity contribution in [2.45, 2.75) is 39.5 Å². The molecule has 0 bridgehead atoms. The van der Waals surface area contributed by atoms with E-state index in [0.29, 0.717) is 12.1 Å². The molecule has 0 spiro atoms. The van der Waals surface area contributed by atoms with E-state index < -0.39 is 0 Å². The highest BCUT2D eigenvalue weighted by molar-refractivity contribution is 8.13. The van der Waals surface area contributed by atoms with Crippen LogP contribution in [0, 0.1) is 0 Å². The Morgan fingerprint density at radius 1 is 1.50 bits per heavy atom. The second-order valence-corrected chi connectivity index (χ2v) is 4.96. The molecule has 0 amide bonds. The van der Waals surface area contributed by atoms with Crippen molar-refractivity contribution in [3.05, 3.63) is 0 Å². The van der Waals surface area contributed by atoms with Crippen LogP contribution < -0.4 is 10.7 Å². The number of thioether (sulfide) groups is 1. The molecule has 0 saturated heterocycles. The predicted octanol–water partition coefficient (Wildman–Crippen LogP) is 1.22. The van der Waals surface area contributed by atoms with Crippen LogP contribution in [-0.4, -0.2) is 48.4 Å². The van der Waals surface area contributed by atoms with Crippen LogP contribution in [0.3, 0.4) is 0 Å². The van der Waals surface area contributed by atoms with Gasteiger partial charge in [0.2, 0.25) is 0 Å². The Hall–Kier alpha value is -0.790. The van der Waals surface area contributed by atoms with E-state index in [1.165, 1.54) is 0 Å². The van der Waals surface area contributed by atoms with Crippen molar-refractivity contribution in [2.75, 3.05) is 19.9 Å². The van der Waals surface area contributed by atoms with Crippen molar-refractivity contribution in [1.29, 1.82) is 0 Å². The first kappa shape index (κ1) is 15.3. The van der Waals surface area contributed by atoms with Gasteiger partial charge in [-0.3, -0.25) is 5.32 Å². The summed E-state index contributed by atoms with van der Waals surface area (Å²) in [5.41, 5.74) is 3.33. The van der Waals surface area contributed by atoms with Gasteiger partial charge < -0.3 is 4.74 Å². The van der Waals surface area contributed by atoms with E-state index in [1.54, 1.807) is 18.9 Å². The average Bonchev–Trinajstić information content (AvgIpc) is 2.35. The third kappa shape index (κ3) is 4.15. The molecule has 1 atom stereocenters. The zero-order valence-corrected chi connectivity index (χ0v) is 12.5. The Labute approximate surface area is 113 Å². The predicted molar refractivity (Wildman–Crippen MR) is 77.6 cm³/mol. The Morgan fingerprint density at radius 2 is 2.22 bits per heavy atom. The van der Waals surface area contributed by atoms with Gasteiger partial charge >= 0.3 is 6.02 Å². The number of aliphatic imine (C=N–C) groups is 2. The Balaban J connectivity index is 2.86. The third-order valence-corrected chi connectivity index (χ3v) is 2.91. The van der Waals surface area contributed by atoms with E-state index in [0.717, 1.165) is 18.1 Å².